The molecule has 1 aromatic heterocycles. The molecule has 2 rings (SSSR count). The van der Waals surface area contributed by atoms with E-state index in [1.807, 2.05) is 0 Å². The minimum atomic E-state index is -3.51. The molecule has 0 spiro atoms. The summed E-state index contributed by atoms with van der Waals surface area (Å²) < 4.78 is 23.4. The lowest BCUT2D eigenvalue weighted by Gasteiger charge is -2.16. The summed E-state index contributed by atoms with van der Waals surface area (Å²) in [4.78, 5) is 10.2. The van der Waals surface area contributed by atoms with Crippen LogP contribution in [0.3, 0.4) is 0 Å². The van der Waals surface area contributed by atoms with E-state index in [-0.39, 0.29) is 24.3 Å². The molecular formula is C13H16N3O5P. The maximum Gasteiger partial charge on any atom is 0.379 e. The van der Waals surface area contributed by atoms with Crippen molar-refractivity contribution in [3.05, 3.63) is 40.6 Å². The first-order chi connectivity index (χ1) is 10.5. The molecular weight excluding hydrogens is 309 g/mol. The van der Waals surface area contributed by atoms with Gasteiger partial charge in [0, 0.05) is 17.7 Å². The molecule has 0 atom stereocenters. The summed E-state index contributed by atoms with van der Waals surface area (Å²) in [5, 5.41) is 17.2. The van der Waals surface area contributed by atoms with Gasteiger partial charge in [0.25, 0.3) is 5.69 Å². The van der Waals surface area contributed by atoms with Gasteiger partial charge in [-0.2, -0.15) is 5.10 Å². The van der Waals surface area contributed by atoms with E-state index in [1.165, 1.54) is 18.3 Å². The fourth-order valence-corrected chi connectivity index (χ4v) is 3.64. The zero-order chi connectivity index (χ0) is 16.2. The van der Waals surface area contributed by atoms with Crippen LogP contribution >= 0.6 is 7.60 Å². The number of rotatable bonds is 7. The number of nitrogens with one attached hydrogen (secondary N) is 1. The van der Waals surface area contributed by atoms with Crippen LogP contribution in [0.4, 0.5) is 5.69 Å². The highest BCUT2D eigenvalue weighted by Crippen LogP contribution is 2.48. The Kier molecular flexibility index (Phi) is 5.07. The molecule has 9 heteroatoms. The van der Waals surface area contributed by atoms with Gasteiger partial charge in [-0.1, -0.05) is 0 Å². The van der Waals surface area contributed by atoms with Crippen molar-refractivity contribution in [2.75, 3.05) is 13.2 Å². The zero-order valence-corrected chi connectivity index (χ0v) is 13.1. The van der Waals surface area contributed by atoms with E-state index in [9.17, 15) is 14.7 Å². The normalized spacial score (nSPS) is 11.5. The van der Waals surface area contributed by atoms with Gasteiger partial charge in [-0.3, -0.25) is 19.8 Å². The minimum absolute atomic E-state index is 0.0217. The molecule has 1 aromatic carbocycles. The second-order valence-electron chi connectivity index (χ2n) is 4.27. The number of aromatic amines is 1. The molecule has 0 aliphatic rings. The first kappa shape index (κ1) is 16.4. The summed E-state index contributed by atoms with van der Waals surface area (Å²) in [5.74, 6) is 0. The summed E-state index contributed by atoms with van der Waals surface area (Å²) in [5.41, 5.74) is 1.38. The van der Waals surface area contributed by atoms with Gasteiger partial charge in [0.05, 0.1) is 24.3 Å². The Morgan fingerprint density at radius 1 is 1.23 bits per heavy atom. The Balaban J connectivity index is 2.44. The third kappa shape index (κ3) is 3.24. The average molecular weight is 325 g/mol. The highest BCUT2D eigenvalue weighted by Gasteiger charge is 2.32. The minimum Gasteiger partial charge on any atom is -0.304 e. The lowest BCUT2D eigenvalue weighted by atomic mass is 10.1. The fourth-order valence-electron chi connectivity index (χ4n) is 1.97. The van der Waals surface area contributed by atoms with Crippen LogP contribution in [0.1, 0.15) is 13.8 Å². The van der Waals surface area contributed by atoms with Gasteiger partial charge in [0.15, 0.2) is 5.44 Å². The summed E-state index contributed by atoms with van der Waals surface area (Å²) in [6, 6.07) is 5.88. The number of aromatic nitrogens is 2. The SMILES string of the molecule is CCOP(=O)(OCC)c1[nH]ncc1-c1ccc([N+](=O)[O-])cc1. The molecule has 0 saturated heterocycles. The predicted octanol–water partition coefficient (Wildman–Crippen LogP) is 2.88. The highest BCUT2D eigenvalue weighted by atomic mass is 31.2. The second kappa shape index (κ2) is 6.83. The first-order valence-corrected chi connectivity index (χ1v) is 8.24. The van der Waals surface area contributed by atoms with Gasteiger partial charge >= 0.3 is 7.60 Å². The van der Waals surface area contributed by atoms with E-state index in [4.69, 9.17) is 9.05 Å². The number of non-ortho nitro benzene ring substituents is 1. The summed E-state index contributed by atoms with van der Waals surface area (Å²) in [6.45, 7) is 3.87. The smallest absolute Gasteiger partial charge is 0.304 e. The lowest BCUT2D eigenvalue weighted by molar-refractivity contribution is -0.384. The fraction of sp³-hybridized carbons (Fsp3) is 0.308. The van der Waals surface area contributed by atoms with Crippen molar-refractivity contribution in [1.29, 1.82) is 0 Å². The number of hydrogen-bond donors (Lipinski definition) is 1. The third-order valence-corrected chi connectivity index (χ3v) is 4.97. The van der Waals surface area contributed by atoms with Crippen molar-refractivity contribution in [2.24, 2.45) is 0 Å². The Morgan fingerprint density at radius 3 is 2.32 bits per heavy atom. The first-order valence-electron chi connectivity index (χ1n) is 6.69. The molecule has 1 heterocycles. The van der Waals surface area contributed by atoms with Crippen molar-refractivity contribution >= 4 is 18.7 Å². The largest absolute Gasteiger partial charge is 0.379 e. The number of benzene rings is 1. The van der Waals surface area contributed by atoms with E-state index in [2.05, 4.69) is 10.2 Å². The molecule has 118 valence electrons. The molecule has 0 aliphatic carbocycles. The van der Waals surface area contributed by atoms with E-state index < -0.39 is 12.5 Å². The van der Waals surface area contributed by atoms with Crippen LogP contribution in [-0.2, 0) is 13.6 Å². The molecule has 0 saturated carbocycles. The Morgan fingerprint density at radius 2 is 1.82 bits per heavy atom. The van der Waals surface area contributed by atoms with E-state index in [1.54, 1.807) is 26.0 Å². The average Bonchev–Trinajstić information content (AvgIpc) is 2.98. The summed E-state index contributed by atoms with van der Waals surface area (Å²) in [6.07, 6.45) is 1.49. The molecule has 0 fully saturated rings. The number of H-pyrrole nitrogens is 1. The number of nitro groups is 1. The van der Waals surface area contributed by atoms with E-state index in [0.29, 0.717) is 11.1 Å². The topological polar surface area (TPSA) is 107 Å². The second-order valence-corrected chi connectivity index (χ2v) is 6.23. The van der Waals surface area contributed by atoms with Gasteiger partial charge in [-0.15, -0.1) is 0 Å². The van der Waals surface area contributed by atoms with Crippen LogP contribution in [0.2, 0.25) is 0 Å². The molecule has 8 nitrogen and oxygen atoms in total. The molecule has 0 radical (unpaired) electrons. The number of hydrogen-bond acceptors (Lipinski definition) is 6. The van der Waals surface area contributed by atoms with Crippen LogP contribution < -0.4 is 5.44 Å². The van der Waals surface area contributed by atoms with Crippen LogP contribution in [-0.4, -0.2) is 28.3 Å². The summed E-state index contributed by atoms with van der Waals surface area (Å²) >= 11 is 0. The number of nitro benzene ring substituents is 1. The van der Waals surface area contributed by atoms with Crippen LogP contribution in [0.15, 0.2) is 30.5 Å². The van der Waals surface area contributed by atoms with Crippen molar-refractivity contribution < 1.29 is 18.5 Å². The van der Waals surface area contributed by atoms with Crippen LogP contribution in [0, 0.1) is 10.1 Å². The van der Waals surface area contributed by atoms with Crippen molar-refractivity contribution in [3.63, 3.8) is 0 Å². The molecule has 0 amide bonds. The van der Waals surface area contributed by atoms with Crippen molar-refractivity contribution in [1.82, 2.24) is 10.2 Å². The summed E-state index contributed by atoms with van der Waals surface area (Å²) in [7, 11) is -3.51. The van der Waals surface area contributed by atoms with E-state index >= 15 is 0 Å². The van der Waals surface area contributed by atoms with Gasteiger partial charge in [-0.05, 0) is 31.5 Å². The van der Waals surface area contributed by atoms with Crippen molar-refractivity contribution in [3.8, 4) is 11.1 Å². The molecule has 0 unspecified atom stereocenters. The molecule has 0 bridgehead atoms. The highest BCUT2D eigenvalue weighted by molar-refractivity contribution is 7.62. The van der Waals surface area contributed by atoms with Crippen molar-refractivity contribution in [2.45, 2.75) is 13.8 Å². The molecule has 22 heavy (non-hydrogen) atoms. The number of nitrogens with zero attached hydrogens (tertiary/aromatic N) is 2. The Hall–Kier alpha value is -2.02. The van der Waals surface area contributed by atoms with Crippen LogP contribution in [0.25, 0.3) is 11.1 Å². The van der Waals surface area contributed by atoms with Gasteiger partial charge in [-0.25, -0.2) is 0 Å². The van der Waals surface area contributed by atoms with E-state index in [0.717, 1.165) is 0 Å². The van der Waals surface area contributed by atoms with Gasteiger partial charge < -0.3 is 9.05 Å². The molecule has 1 N–H and O–H groups in total. The monoisotopic (exact) mass is 325 g/mol. The zero-order valence-electron chi connectivity index (χ0n) is 12.2. The third-order valence-electron chi connectivity index (χ3n) is 2.88. The van der Waals surface area contributed by atoms with Crippen LogP contribution in [0.5, 0.6) is 0 Å². The maximum absolute atomic E-state index is 12.8. The molecule has 0 aliphatic heterocycles. The standard InChI is InChI=1S/C13H16N3O5P/c1-3-20-22(19,21-4-2)13-12(9-14-15-13)10-5-7-11(8-6-10)16(17)18/h5-9H,3-4H2,1-2H3,(H,14,15). The van der Waals surface area contributed by atoms with Gasteiger partial charge in [0.1, 0.15) is 0 Å². The van der Waals surface area contributed by atoms with Gasteiger partial charge in [0.2, 0.25) is 0 Å². The molecule has 2 aromatic rings. The maximum atomic E-state index is 12.8. The quantitative estimate of drug-likeness (QED) is 0.476. The Bertz CT molecular complexity index is 688. The predicted molar refractivity (Wildman–Crippen MR) is 81.2 cm³/mol. The Labute approximate surface area is 127 Å². The lowest BCUT2D eigenvalue weighted by Crippen LogP contribution is -2.14.